The standard InChI is InChI=1S/C13H20F3N3OS/c1-3-19(4-2)8-6-5-7-17-12(20)10-11(13(14,15)16)18-9-21-10/h9H,3-8H2,1-2H3,(H,17,20). The molecular formula is C13H20F3N3OS. The van der Waals surface area contributed by atoms with E-state index < -0.39 is 17.8 Å². The highest BCUT2D eigenvalue weighted by Crippen LogP contribution is 2.32. The van der Waals surface area contributed by atoms with Crippen LogP contribution in [0.4, 0.5) is 13.2 Å². The number of alkyl halides is 3. The zero-order valence-corrected chi connectivity index (χ0v) is 13.0. The lowest BCUT2D eigenvalue weighted by Gasteiger charge is -2.17. The molecule has 0 aliphatic carbocycles. The molecule has 0 spiro atoms. The predicted octanol–water partition coefficient (Wildman–Crippen LogP) is 3.01. The molecule has 1 amide bonds. The Kier molecular flexibility index (Phi) is 7.10. The molecule has 1 rings (SSSR count). The lowest BCUT2D eigenvalue weighted by molar-refractivity contribution is -0.141. The topological polar surface area (TPSA) is 45.2 Å². The minimum Gasteiger partial charge on any atom is -0.351 e. The van der Waals surface area contributed by atoms with Crippen LogP contribution in [0.3, 0.4) is 0 Å². The number of unbranched alkanes of at least 4 members (excludes halogenated alkanes) is 1. The van der Waals surface area contributed by atoms with Crippen molar-refractivity contribution in [3.05, 3.63) is 16.1 Å². The van der Waals surface area contributed by atoms with Crippen molar-refractivity contribution in [1.29, 1.82) is 0 Å². The summed E-state index contributed by atoms with van der Waals surface area (Å²) in [6.07, 6.45) is -2.95. The van der Waals surface area contributed by atoms with Crippen molar-refractivity contribution in [2.24, 2.45) is 0 Å². The smallest absolute Gasteiger partial charge is 0.351 e. The predicted molar refractivity (Wildman–Crippen MR) is 76.5 cm³/mol. The molecular weight excluding hydrogens is 303 g/mol. The molecule has 0 atom stereocenters. The Bertz CT molecular complexity index is 444. The summed E-state index contributed by atoms with van der Waals surface area (Å²) in [5.74, 6) is -0.701. The Morgan fingerprint density at radius 2 is 2.00 bits per heavy atom. The number of thiazole rings is 1. The molecule has 4 nitrogen and oxygen atoms in total. The largest absolute Gasteiger partial charge is 0.434 e. The van der Waals surface area contributed by atoms with Crippen molar-refractivity contribution in [3.63, 3.8) is 0 Å². The van der Waals surface area contributed by atoms with E-state index in [-0.39, 0.29) is 4.88 Å². The highest BCUT2D eigenvalue weighted by atomic mass is 32.1. The normalized spacial score (nSPS) is 11.9. The first-order valence-electron chi connectivity index (χ1n) is 6.91. The van der Waals surface area contributed by atoms with Crippen LogP contribution in [0.2, 0.25) is 0 Å². The van der Waals surface area contributed by atoms with E-state index in [4.69, 9.17) is 0 Å². The molecule has 120 valence electrons. The maximum absolute atomic E-state index is 12.6. The van der Waals surface area contributed by atoms with Gasteiger partial charge in [0, 0.05) is 6.54 Å². The van der Waals surface area contributed by atoms with Gasteiger partial charge in [0.1, 0.15) is 4.88 Å². The molecule has 21 heavy (non-hydrogen) atoms. The highest BCUT2D eigenvalue weighted by Gasteiger charge is 2.38. The van der Waals surface area contributed by atoms with E-state index in [0.717, 1.165) is 38.0 Å². The SMILES string of the molecule is CCN(CC)CCCCNC(=O)c1scnc1C(F)(F)F. The van der Waals surface area contributed by atoms with Crippen LogP contribution in [-0.4, -0.2) is 42.0 Å². The molecule has 1 aromatic rings. The van der Waals surface area contributed by atoms with Crippen molar-refractivity contribution in [1.82, 2.24) is 15.2 Å². The quantitative estimate of drug-likeness (QED) is 0.748. The van der Waals surface area contributed by atoms with Gasteiger partial charge in [-0.2, -0.15) is 13.2 Å². The summed E-state index contributed by atoms with van der Waals surface area (Å²) in [6.45, 7) is 7.39. The van der Waals surface area contributed by atoms with Crippen LogP contribution in [0.5, 0.6) is 0 Å². The monoisotopic (exact) mass is 323 g/mol. The van der Waals surface area contributed by atoms with Gasteiger partial charge in [-0.3, -0.25) is 4.79 Å². The molecule has 1 heterocycles. The minimum atomic E-state index is -4.59. The van der Waals surface area contributed by atoms with E-state index in [1.165, 1.54) is 0 Å². The van der Waals surface area contributed by atoms with Crippen molar-refractivity contribution in [2.45, 2.75) is 32.9 Å². The van der Waals surface area contributed by atoms with Crippen LogP contribution >= 0.6 is 11.3 Å². The number of hydrogen-bond donors (Lipinski definition) is 1. The summed E-state index contributed by atoms with van der Waals surface area (Å²) in [5, 5.41) is 2.52. The van der Waals surface area contributed by atoms with Gasteiger partial charge in [-0.15, -0.1) is 11.3 Å². The fourth-order valence-electron chi connectivity index (χ4n) is 1.89. The third-order valence-corrected chi connectivity index (χ3v) is 3.95. The van der Waals surface area contributed by atoms with Crippen molar-refractivity contribution in [3.8, 4) is 0 Å². The van der Waals surface area contributed by atoms with E-state index in [0.29, 0.717) is 17.9 Å². The number of aromatic nitrogens is 1. The number of nitrogens with zero attached hydrogens (tertiary/aromatic N) is 2. The number of amides is 1. The van der Waals surface area contributed by atoms with Crippen LogP contribution in [0, 0.1) is 0 Å². The maximum Gasteiger partial charge on any atom is 0.434 e. The fraction of sp³-hybridized carbons (Fsp3) is 0.692. The Balaban J connectivity index is 2.37. The first-order valence-corrected chi connectivity index (χ1v) is 7.79. The summed E-state index contributed by atoms with van der Waals surface area (Å²) < 4.78 is 37.8. The average Bonchev–Trinajstić information content (AvgIpc) is 2.92. The number of rotatable bonds is 8. The second-order valence-corrected chi connectivity index (χ2v) is 5.37. The first-order chi connectivity index (χ1) is 9.90. The molecule has 8 heteroatoms. The van der Waals surface area contributed by atoms with Gasteiger partial charge in [0.2, 0.25) is 0 Å². The Hall–Kier alpha value is -1.15. The Morgan fingerprint density at radius 1 is 1.33 bits per heavy atom. The molecule has 0 radical (unpaired) electrons. The number of carbonyl (C=O) groups is 1. The third kappa shape index (κ3) is 5.62. The van der Waals surface area contributed by atoms with Gasteiger partial charge in [0.05, 0.1) is 5.51 Å². The zero-order valence-electron chi connectivity index (χ0n) is 12.2. The number of hydrogen-bond acceptors (Lipinski definition) is 4. The maximum atomic E-state index is 12.6. The summed E-state index contributed by atoms with van der Waals surface area (Å²) in [6, 6.07) is 0. The van der Waals surface area contributed by atoms with Crippen LogP contribution in [0.15, 0.2) is 5.51 Å². The second kappa shape index (κ2) is 8.33. The van der Waals surface area contributed by atoms with Gasteiger partial charge >= 0.3 is 6.18 Å². The minimum absolute atomic E-state index is 0.369. The summed E-state index contributed by atoms with van der Waals surface area (Å²) in [4.78, 5) is 16.8. The Morgan fingerprint density at radius 3 is 2.57 bits per heavy atom. The molecule has 1 aromatic heterocycles. The first kappa shape index (κ1) is 17.9. The van der Waals surface area contributed by atoms with Gasteiger partial charge in [-0.05, 0) is 32.5 Å². The van der Waals surface area contributed by atoms with E-state index in [1.54, 1.807) is 0 Å². The third-order valence-electron chi connectivity index (χ3n) is 3.12. The molecule has 1 N–H and O–H groups in total. The lowest BCUT2D eigenvalue weighted by atomic mass is 10.2. The lowest BCUT2D eigenvalue weighted by Crippen LogP contribution is -2.28. The molecule has 0 saturated carbocycles. The molecule has 0 aliphatic heterocycles. The molecule has 0 unspecified atom stereocenters. The average molecular weight is 323 g/mol. The van der Waals surface area contributed by atoms with E-state index >= 15 is 0 Å². The van der Waals surface area contributed by atoms with E-state index in [9.17, 15) is 18.0 Å². The fourth-order valence-corrected chi connectivity index (χ4v) is 2.61. The molecule has 0 aliphatic rings. The van der Waals surface area contributed by atoms with Crippen molar-refractivity contribution < 1.29 is 18.0 Å². The highest BCUT2D eigenvalue weighted by molar-refractivity contribution is 7.11. The van der Waals surface area contributed by atoms with Gasteiger partial charge < -0.3 is 10.2 Å². The van der Waals surface area contributed by atoms with Gasteiger partial charge in [0.15, 0.2) is 5.69 Å². The van der Waals surface area contributed by atoms with Crippen LogP contribution in [0.1, 0.15) is 42.1 Å². The van der Waals surface area contributed by atoms with Crippen LogP contribution < -0.4 is 5.32 Å². The summed E-state index contributed by atoms with van der Waals surface area (Å²) >= 11 is 0.709. The summed E-state index contributed by atoms with van der Waals surface area (Å²) in [7, 11) is 0. The number of nitrogens with one attached hydrogen (secondary N) is 1. The second-order valence-electron chi connectivity index (χ2n) is 4.52. The zero-order chi connectivity index (χ0) is 15.9. The summed E-state index contributed by atoms with van der Waals surface area (Å²) in [5.41, 5.74) is -0.0638. The molecule has 0 fully saturated rings. The van der Waals surface area contributed by atoms with Crippen LogP contribution in [-0.2, 0) is 6.18 Å². The Labute approximate surface area is 126 Å². The molecule has 0 saturated heterocycles. The number of carbonyl (C=O) groups excluding carboxylic acids is 1. The molecule has 0 bridgehead atoms. The van der Waals surface area contributed by atoms with Crippen molar-refractivity contribution >= 4 is 17.2 Å². The van der Waals surface area contributed by atoms with Gasteiger partial charge in [-0.25, -0.2) is 4.98 Å². The van der Waals surface area contributed by atoms with Gasteiger partial charge in [-0.1, -0.05) is 13.8 Å². The van der Waals surface area contributed by atoms with Gasteiger partial charge in [0.25, 0.3) is 5.91 Å². The van der Waals surface area contributed by atoms with Crippen molar-refractivity contribution in [2.75, 3.05) is 26.2 Å². The van der Waals surface area contributed by atoms with Crippen LogP contribution in [0.25, 0.3) is 0 Å². The molecule has 0 aromatic carbocycles. The van der Waals surface area contributed by atoms with E-state index in [2.05, 4.69) is 29.0 Å². The number of halogens is 3. The van der Waals surface area contributed by atoms with E-state index in [1.807, 2.05) is 0 Å².